The SMILES string of the molecule is CCCCCCCCCC(O[Si](C)(C)C)C(=O)OC. The first-order valence-corrected chi connectivity index (χ1v) is 11.1. The fraction of sp³-hybridized carbons (Fsp3) is 0.933. The molecule has 4 heteroatoms. The summed E-state index contributed by atoms with van der Waals surface area (Å²) in [6.45, 7) is 8.55. The number of methoxy groups -OCH3 is 1. The van der Waals surface area contributed by atoms with Crippen LogP contribution in [0, 0.1) is 0 Å². The van der Waals surface area contributed by atoms with Crippen LogP contribution in [-0.2, 0) is 14.0 Å². The highest BCUT2D eigenvalue weighted by molar-refractivity contribution is 6.69. The molecule has 19 heavy (non-hydrogen) atoms. The lowest BCUT2D eigenvalue weighted by molar-refractivity contribution is -0.149. The number of esters is 1. The van der Waals surface area contributed by atoms with Gasteiger partial charge in [0, 0.05) is 0 Å². The summed E-state index contributed by atoms with van der Waals surface area (Å²) in [6.07, 6.45) is 9.22. The van der Waals surface area contributed by atoms with Crippen LogP contribution in [0.3, 0.4) is 0 Å². The van der Waals surface area contributed by atoms with Gasteiger partial charge in [-0.25, -0.2) is 4.79 Å². The largest absolute Gasteiger partial charge is 0.467 e. The Bertz CT molecular complexity index is 236. The van der Waals surface area contributed by atoms with Crippen LogP contribution in [0.5, 0.6) is 0 Å². The van der Waals surface area contributed by atoms with E-state index in [1.165, 1.54) is 45.6 Å². The van der Waals surface area contributed by atoms with E-state index in [1.807, 2.05) is 0 Å². The van der Waals surface area contributed by atoms with E-state index in [9.17, 15) is 4.79 Å². The zero-order valence-corrected chi connectivity index (χ0v) is 14.5. The third-order valence-corrected chi connectivity index (χ3v) is 4.02. The van der Waals surface area contributed by atoms with Crippen molar-refractivity contribution >= 4 is 14.3 Å². The molecule has 0 aromatic rings. The number of carbonyl (C=O) groups is 1. The van der Waals surface area contributed by atoms with Crippen LogP contribution in [0.2, 0.25) is 19.6 Å². The molecule has 0 fully saturated rings. The molecular weight excluding hydrogens is 256 g/mol. The molecule has 1 unspecified atom stereocenters. The number of rotatable bonds is 11. The molecule has 3 nitrogen and oxygen atoms in total. The summed E-state index contributed by atoms with van der Waals surface area (Å²) < 4.78 is 10.7. The molecular formula is C15H32O3Si. The highest BCUT2D eigenvalue weighted by Gasteiger charge is 2.26. The Morgan fingerprint density at radius 2 is 1.53 bits per heavy atom. The highest BCUT2D eigenvalue weighted by atomic mass is 28.4. The third-order valence-electron chi connectivity index (χ3n) is 3.03. The Morgan fingerprint density at radius 1 is 1.00 bits per heavy atom. The van der Waals surface area contributed by atoms with Crippen LogP contribution in [0.4, 0.5) is 0 Å². The fourth-order valence-corrected chi connectivity index (χ4v) is 3.14. The average Bonchev–Trinajstić information content (AvgIpc) is 2.34. The second kappa shape index (κ2) is 10.4. The van der Waals surface area contributed by atoms with Gasteiger partial charge in [0.25, 0.3) is 0 Å². The van der Waals surface area contributed by atoms with Crippen molar-refractivity contribution in [3.05, 3.63) is 0 Å². The molecule has 0 heterocycles. The van der Waals surface area contributed by atoms with E-state index >= 15 is 0 Å². The molecule has 0 amide bonds. The fourth-order valence-electron chi connectivity index (χ4n) is 2.07. The van der Waals surface area contributed by atoms with E-state index in [1.54, 1.807) is 0 Å². The predicted octanol–water partition coefficient (Wildman–Crippen LogP) is 4.52. The summed E-state index contributed by atoms with van der Waals surface area (Å²) in [7, 11) is -0.248. The van der Waals surface area contributed by atoms with E-state index in [2.05, 4.69) is 26.6 Å². The summed E-state index contributed by atoms with van der Waals surface area (Å²) in [5.74, 6) is -0.214. The topological polar surface area (TPSA) is 35.5 Å². The third kappa shape index (κ3) is 11.2. The number of hydrogen-bond acceptors (Lipinski definition) is 3. The zero-order valence-electron chi connectivity index (χ0n) is 13.5. The summed E-state index contributed by atoms with van der Waals surface area (Å²) in [4.78, 5) is 11.7. The normalized spacial score (nSPS) is 13.3. The van der Waals surface area contributed by atoms with E-state index in [-0.39, 0.29) is 12.1 Å². The van der Waals surface area contributed by atoms with Crippen LogP contribution >= 0.6 is 0 Å². The van der Waals surface area contributed by atoms with Crippen molar-refractivity contribution in [3.8, 4) is 0 Å². The highest BCUT2D eigenvalue weighted by Crippen LogP contribution is 2.16. The van der Waals surface area contributed by atoms with Gasteiger partial charge in [0.05, 0.1) is 7.11 Å². The van der Waals surface area contributed by atoms with Gasteiger partial charge in [0.15, 0.2) is 8.32 Å². The molecule has 0 saturated carbocycles. The Balaban J connectivity index is 3.84. The first kappa shape index (κ1) is 18.6. The summed E-state index contributed by atoms with van der Waals surface area (Å²) >= 11 is 0. The lowest BCUT2D eigenvalue weighted by atomic mass is 10.1. The van der Waals surface area contributed by atoms with E-state index in [0.717, 1.165) is 12.8 Å². The van der Waals surface area contributed by atoms with Crippen molar-refractivity contribution < 1.29 is 14.0 Å². The molecule has 0 spiro atoms. The second-order valence-corrected chi connectivity index (χ2v) is 10.6. The van der Waals surface area contributed by atoms with Gasteiger partial charge < -0.3 is 9.16 Å². The monoisotopic (exact) mass is 288 g/mol. The van der Waals surface area contributed by atoms with Crippen molar-refractivity contribution in [2.45, 2.75) is 84.0 Å². The van der Waals surface area contributed by atoms with Gasteiger partial charge in [-0.05, 0) is 26.1 Å². The molecule has 0 bridgehead atoms. The maximum atomic E-state index is 11.7. The molecule has 0 saturated heterocycles. The van der Waals surface area contributed by atoms with E-state index in [0.29, 0.717) is 0 Å². The van der Waals surface area contributed by atoms with Crippen molar-refractivity contribution in [3.63, 3.8) is 0 Å². The molecule has 0 rings (SSSR count). The van der Waals surface area contributed by atoms with Gasteiger partial charge in [-0.15, -0.1) is 0 Å². The second-order valence-electron chi connectivity index (χ2n) is 6.15. The van der Waals surface area contributed by atoms with Gasteiger partial charge in [-0.2, -0.15) is 0 Å². The predicted molar refractivity (Wildman–Crippen MR) is 82.8 cm³/mol. The number of hydrogen-bond donors (Lipinski definition) is 0. The van der Waals surface area contributed by atoms with Crippen molar-refractivity contribution in [1.29, 1.82) is 0 Å². The summed E-state index contributed by atoms with van der Waals surface area (Å²) in [6, 6.07) is 0. The molecule has 114 valence electrons. The maximum Gasteiger partial charge on any atom is 0.333 e. The first-order chi connectivity index (χ1) is 8.90. The minimum absolute atomic E-state index is 0.214. The summed E-state index contributed by atoms with van der Waals surface area (Å²) in [5, 5.41) is 0. The van der Waals surface area contributed by atoms with Crippen LogP contribution < -0.4 is 0 Å². The van der Waals surface area contributed by atoms with E-state index in [4.69, 9.17) is 9.16 Å². The number of ether oxygens (including phenoxy) is 1. The molecule has 0 radical (unpaired) electrons. The zero-order chi connectivity index (χ0) is 14.7. The Labute approximate surface area is 120 Å². The smallest absolute Gasteiger partial charge is 0.333 e. The van der Waals surface area contributed by atoms with Crippen molar-refractivity contribution in [2.24, 2.45) is 0 Å². The van der Waals surface area contributed by atoms with Crippen LogP contribution in [0.15, 0.2) is 0 Å². The Kier molecular flexibility index (Phi) is 10.2. The van der Waals surface area contributed by atoms with Crippen LogP contribution in [0.25, 0.3) is 0 Å². The van der Waals surface area contributed by atoms with Gasteiger partial charge >= 0.3 is 5.97 Å². The lowest BCUT2D eigenvalue weighted by Crippen LogP contribution is -2.37. The summed E-state index contributed by atoms with van der Waals surface area (Å²) in [5.41, 5.74) is 0. The van der Waals surface area contributed by atoms with Gasteiger partial charge in [0.1, 0.15) is 6.10 Å². The number of unbranched alkanes of at least 4 members (excludes halogenated alkanes) is 6. The molecule has 0 aliphatic heterocycles. The maximum absolute atomic E-state index is 11.7. The van der Waals surface area contributed by atoms with Crippen LogP contribution in [-0.4, -0.2) is 27.5 Å². The minimum atomic E-state index is -1.69. The quantitative estimate of drug-likeness (QED) is 0.318. The van der Waals surface area contributed by atoms with E-state index < -0.39 is 8.32 Å². The molecule has 0 aromatic carbocycles. The van der Waals surface area contributed by atoms with Gasteiger partial charge in [0.2, 0.25) is 0 Å². The molecule has 0 N–H and O–H groups in total. The van der Waals surface area contributed by atoms with Crippen LogP contribution in [0.1, 0.15) is 58.3 Å². The number of carbonyl (C=O) groups excluding carboxylic acids is 1. The standard InChI is InChI=1S/C15H32O3Si/c1-6-7-8-9-10-11-12-13-14(15(16)17-2)18-19(3,4)5/h14H,6-13H2,1-5H3. The minimum Gasteiger partial charge on any atom is -0.467 e. The van der Waals surface area contributed by atoms with Gasteiger partial charge in [-0.3, -0.25) is 0 Å². The molecule has 0 aliphatic rings. The molecule has 0 aliphatic carbocycles. The molecule has 1 atom stereocenters. The Hall–Kier alpha value is -0.353. The lowest BCUT2D eigenvalue weighted by Gasteiger charge is -2.24. The Morgan fingerprint density at radius 3 is 2.00 bits per heavy atom. The van der Waals surface area contributed by atoms with Gasteiger partial charge in [-0.1, -0.05) is 51.9 Å². The average molecular weight is 289 g/mol. The first-order valence-electron chi connectivity index (χ1n) is 7.66. The van der Waals surface area contributed by atoms with Crippen molar-refractivity contribution in [1.82, 2.24) is 0 Å². The molecule has 0 aromatic heterocycles. The van der Waals surface area contributed by atoms with Crippen molar-refractivity contribution in [2.75, 3.05) is 7.11 Å².